The van der Waals surface area contributed by atoms with E-state index in [1.54, 1.807) is 30.6 Å². The monoisotopic (exact) mass is 496 g/mol. The first-order valence-electron chi connectivity index (χ1n) is 9.22. The van der Waals surface area contributed by atoms with Gasteiger partial charge in [0.2, 0.25) is 10.0 Å². The number of nitrogens with zero attached hydrogens (tertiary/aromatic N) is 2. The standard InChI is InChI=1S/C22H17BrN4O3S/c23-16-3-6-20-18(11-16)19(12-21(27-20)15-7-9-25-10-8-15)22(28)26-13-14-1-4-17(5-2-14)31(24,29)30/h1-12H,13H2,(H,26,28)(H2,24,29,30). The van der Waals surface area contributed by atoms with Gasteiger partial charge in [0.05, 0.1) is 21.7 Å². The van der Waals surface area contributed by atoms with Gasteiger partial charge in [0.25, 0.3) is 5.91 Å². The number of nitrogens with two attached hydrogens (primary N) is 1. The van der Waals surface area contributed by atoms with Crippen LogP contribution in [0.2, 0.25) is 0 Å². The number of hydrogen-bond donors (Lipinski definition) is 2. The van der Waals surface area contributed by atoms with Gasteiger partial charge in [0.15, 0.2) is 0 Å². The van der Waals surface area contributed by atoms with Crippen LogP contribution < -0.4 is 10.5 Å². The Morgan fingerprint density at radius 1 is 1.00 bits per heavy atom. The van der Waals surface area contributed by atoms with Crippen LogP contribution in [-0.2, 0) is 16.6 Å². The summed E-state index contributed by atoms with van der Waals surface area (Å²) in [6.45, 7) is 0.228. The molecular weight excluding hydrogens is 480 g/mol. The van der Waals surface area contributed by atoms with Crippen molar-refractivity contribution in [3.8, 4) is 11.3 Å². The molecule has 2 heterocycles. The number of pyridine rings is 2. The summed E-state index contributed by atoms with van der Waals surface area (Å²) in [5, 5.41) is 8.73. The highest BCUT2D eigenvalue weighted by molar-refractivity contribution is 9.10. The molecule has 156 valence electrons. The molecule has 3 N–H and O–H groups in total. The molecule has 0 saturated carbocycles. The maximum atomic E-state index is 13.1. The van der Waals surface area contributed by atoms with E-state index in [2.05, 4.69) is 31.2 Å². The fraction of sp³-hybridized carbons (Fsp3) is 0.0455. The molecular formula is C22H17BrN4O3S. The highest BCUT2D eigenvalue weighted by atomic mass is 79.9. The third-order valence-electron chi connectivity index (χ3n) is 4.70. The van der Waals surface area contributed by atoms with Crippen molar-refractivity contribution in [2.45, 2.75) is 11.4 Å². The Balaban J connectivity index is 1.65. The van der Waals surface area contributed by atoms with Gasteiger partial charge in [-0.1, -0.05) is 28.1 Å². The lowest BCUT2D eigenvalue weighted by Gasteiger charge is -2.11. The zero-order valence-electron chi connectivity index (χ0n) is 16.1. The fourth-order valence-corrected chi connectivity index (χ4v) is 4.01. The minimum absolute atomic E-state index is 0.0227. The Hall–Kier alpha value is -3.14. The van der Waals surface area contributed by atoms with Gasteiger partial charge >= 0.3 is 0 Å². The lowest BCUT2D eigenvalue weighted by Crippen LogP contribution is -2.23. The number of rotatable bonds is 5. The summed E-state index contributed by atoms with van der Waals surface area (Å²) in [5.74, 6) is -0.267. The molecule has 0 atom stereocenters. The van der Waals surface area contributed by atoms with Crippen LogP contribution >= 0.6 is 15.9 Å². The number of amides is 1. The summed E-state index contributed by atoms with van der Waals surface area (Å²) in [5.41, 5.74) is 3.45. The molecule has 4 rings (SSSR count). The number of carbonyl (C=O) groups excluding carboxylic acids is 1. The number of benzene rings is 2. The van der Waals surface area contributed by atoms with Gasteiger partial charge in [-0.05, 0) is 54.1 Å². The van der Waals surface area contributed by atoms with Crippen molar-refractivity contribution in [1.29, 1.82) is 0 Å². The minimum Gasteiger partial charge on any atom is -0.348 e. The van der Waals surface area contributed by atoms with Crippen LogP contribution in [-0.4, -0.2) is 24.3 Å². The summed E-state index contributed by atoms with van der Waals surface area (Å²) >= 11 is 3.45. The number of fused-ring (bicyclic) bond motifs is 1. The zero-order valence-corrected chi connectivity index (χ0v) is 18.5. The van der Waals surface area contributed by atoms with E-state index < -0.39 is 10.0 Å². The van der Waals surface area contributed by atoms with E-state index in [4.69, 9.17) is 5.14 Å². The van der Waals surface area contributed by atoms with Crippen LogP contribution in [0, 0.1) is 0 Å². The van der Waals surface area contributed by atoms with Gasteiger partial charge in [0, 0.05) is 34.4 Å². The molecule has 0 fully saturated rings. The minimum atomic E-state index is -3.76. The Bertz CT molecular complexity index is 1380. The second kappa shape index (κ2) is 8.54. The molecule has 0 saturated heterocycles. The van der Waals surface area contributed by atoms with Crippen molar-refractivity contribution in [2.24, 2.45) is 5.14 Å². The molecule has 0 bridgehead atoms. The summed E-state index contributed by atoms with van der Waals surface area (Å²) in [6, 6.07) is 17.1. The van der Waals surface area contributed by atoms with Gasteiger partial charge in [0.1, 0.15) is 0 Å². The molecule has 0 unspecified atom stereocenters. The number of sulfonamides is 1. The smallest absolute Gasteiger partial charge is 0.252 e. The predicted molar refractivity (Wildman–Crippen MR) is 122 cm³/mol. The molecule has 0 aliphatic carbocycles. The predicted octanol–water partition coefficient (Wildman–Crippen LogP) is 3.64. The van der Waals surface area contributed by atoms with Crippen LogP contribution in [0.15, 0.2) is 82.4 Å². The topological polar surface area (TPSA) is 115 Å². The average molecular weight is 497 g/mol. The number of halogens is 1. The molecule has 0 aliphatic rings. The van der Waals surface area contributed by atoms with Crippen LogP contribution in [0.4, 0.5) is 0 Å². The molecule has 9 heteroatoms. The summed E-state index contributed by atoms with van der Waals surface area (Å²) < 4.78 is 23.6. The normalized spacial score (nSPS) is 11.4. The lowest BCUT2D eigenvalue weighted by atomic mass is 10.0. The van der Waals surface area contributed by atoms with Crippen molar-refractivity contribution in [2.75, 3.05) is 0 Å². The quantitative estimate of drug-likeness (QED) is 0.437. The first kappa shape index (κ1) is 21.1. The molecule has 4 aromatic rings. The summed E-state index contributed by atoms with van der Waals surface area (Å²) in [6.07, 6.45) is 3.35. The number of aromatic nitrogens is 2. The van der Waals surface area contributed by atoms with E-state index in [1.807, 2.05) is 30.3 Å². The second-order valence-corrected chi connectivity index (χ2v) is 9.30. The van der Waals surface area contributed by atoms with Crippen LogP contribution in [0.3, 0.4) is 0 Å². The van der Waals surface area contributed by atoms with Gasteiger partial charge in [-0.25, -0.2) is 18.5 Å². The van der Waals surface area contributed by atoms with Crippen LogP contribution in [0.1, 0.15) is 15.9 Å². The number of hydrogen-bond acceptors (Lipinski definition) is 5. The maximum absolute atomic E-state index is 13.1. The molecule has 2 aromatic carbocycles. The van der Waals surface area contributed by atoms with E-state index in [1.165, 1.54) is 12.1 Å². The molecule has 1 amide bonds. The first-order valence-corrected chi connectivity index (χ1v) is 11.6. The molecule has 7 nitrogen and oxygen atoms in total. The SMILES string of the molecule is NS(=O)(=O)c1ccc(CNC(=O)c2cc(-c3ccncc3)nc3ccc(Br)cc23)cc1. The second-order valence-electron chi connectivity index (χ2n) is 6.82. The Morgan fingerprint density at radius 2 is 1.71 bits per heavy atom. The Morgan fingerprint density at radius 3 is 2.39 bits per heavy atom. The average Bonchev–Trinajstić information content (AvgIpc) is 2.77. The van der Waals surface area contributed by atoms with E-state index in [0.717, 1.165) is 15.6 Å². The maximum Gasteiger partial charge on any atom is 0.252 e. The van der Waals surface area contributed by atoms with E-state index in [-0.39, 0.29) is 17.3 Å². The van der Waals surface area contributed by atoms with E-state index in [0.29, 0.717) is 22.2 Å². The molecule has 0 radical (unpaired) electrons. The van der Waals surface area contributed by atoms with Crippen LogP contribution in [0.5, 0.6) is 0 Å². The summed E-state index contributed by atoms with van der Waals surface area (Å²) in [7, 11) is -3.76. The Kier molecular flexibility index (Phi) is 5.81. The third-order valence-corrected chi connectivity index (χ3v) is 6.12. The van der Waals surface area contributed by atoms with Crippen molar-refractivity contribution in [1.82, 2.24) is 15.3 Å². The molecule has 0 spiro atoms. The molecule has 0 aliphatic heterocycles. The first-order chi connectivity index (χ1) is 14.8. The van der Waals surface area contributed by atoms with Gasteiger partial charge in [-0.3, -0.25) is 9.78 Å². The molecule has 31 heavy (non-hydrogen) atoms. The van der Waals surface area contributed by atoms with Crippen molar-refractivity contribution < 1.29 is 13.2 Å². The largest absolute Gasteiger partial charge is 0.348 e. The van der Waals surface area contributed by atoms with Crippen molar-refractivity contribution in [3.63, 3.8) is 0 Å². The summed E-state index contributed by atoms with van der Waals surface area (Å²) in [4.78, 5) is 21.8. The number of nitrogens with one attached hydrogen (secondary N) is 1. The third kappa shape index (κ3) is 4.79. The van der Waals surface area contributed by atoms with Crippen molar-refractivity contribution in [3.05, 3.63) is 88.7 Å². The van der Waals surface area contributed by atoms with Gasteiger partial charge in [-0.15, -0.1) is 0 Å². The molecule has 2 aromatic heterocycles. The lowest BCUT2D eigenvalue weighted by molar-refractivity contribution is 0.0952. The number of carbonyl (C=O) groups is 1. The fourth-order valence-electron chi connectivity index (χ4n) is 3.13. The Labute approximate surface area is 187 Å². The van der Waals surface area contributed by atoms with Gasteiger partial charge < -0.3 is 5.32 Å². The van der Waals surface area contributed by atoms with Crippen molar-refractivity contribution >= 4 is 42.8 Å². The van der Waals surface area contributed by atoms with E-state index in [9.17, 15) is 13.2 Å². The van der Waals surface area contributed by atoms with E-state index >= 15 is 0 Å². The van der Waals surface area contributed by atoms with Crippen LogP contribution in [0.25, 0.3) is 22.2 Å². The highest BCUT2D eigenvalue weighted by Gasteiger charge is 2.15. The highest BCUT2D eigenvalue weighted by Crippen LogP contribution is 2.27. The number of primary sulfonamides is 1. The van der Waals surface area contributed by atoms with Gasteiger partial charge in [-0.2, -0.15) is 0 Å². The zero-order chi connectivity index (χ0) is 22.0.